The highest BCUT2D eigenvalue weighted by Gasteiger charge is 2.10. The van der Waals surface area contributed by atoms with Crippen LogP contribution in [0.15, 0.2) is 36.0 Å². The average Bonchev–Trinajstić information content (AvgIpc) is 2.81. The summed E-state index contributed by atoms with van der Waals surface area (Å²) >= 11 is 1.80. The maximum absolute atomic E-state index is 4.16. The van der Waals surface area contributed by atoms with Crippen molar-refractivity contribution in [2.45, 2.75) is 26.3 Å². The summed E-state index contributed by atoms with van der Waals surface area (Å²) < 4.78 is 0. The molecule has 0 saturated heterocycles. The molecule has 0 spiro atoms. The zero-order chi connectivity index (χ0) is 11.4. The van der Waals surface area contributed by atoms with E-state index < -0.39 is 0 Å². The van der Waals surface area contributed by atoms with Gasteiger partial charge in [-0.15, -0.1) is 11.3 Å². The van der Waals surface area contributed by atoms with Crippen molar-refractivity contribution in [3.63, 3.8) is 0 Å². The van der Waals surface area contributed by atoms with Gasteiger partial charge in [0.1, 0.15) is 0 Å². The number of hydrogen-bond donors (Lipinski definition) is 1. The number of nitrogens with one attached hydrogen (secondary N) is 1. The molecule has 0 aromatic carbocycles. The highest BCUT2D eigenvalue weighted by atomic mass is 32.1. The number of hydrogen-bond acceptors (Lipinski definition) is 3. The molecule has 0 aliphatic carbocycles. The lowest BCUT2D eigenvalue weighted by molar-refractivity contribution is 0.762. The fourth-order valence-corrected chi connectivity index (χ4v) is 2.53. The first kappa shape index (κ1) is 11.1. The molecule has 2 aromatic rings. The Morgan fingerprint density at radius 1 is 1.44 bits per heavy atom. The van der Waals surface area contributed by atoms with Crippen LogP contribution in [0.2, 0.25) is 0 Å². The van der Waals surface area contributed by atoms with Gasteiger partial charge in [-0.1, -0.05) is 13.0 Å². The number of pyridine rings is 1. The van der Waals surface area contributed by atoms with Crippen molar-refractivity contribution in [3.8, 4) is 0 Å². The molecule has 0 fully saturated rings. The summed E-state index contributed by atoms with van der Waals surface area (Å²) in [5.41, 5.74) is 2.37. The molecular weight excluding hydrogens is 216 g/mol. The second-order valence-electron chi connectivity index (χ2n) is 3.81. The van der Waals surface area contributed by atoms with E-state index in [0.717, 1.165) is 12.1 Å². The molecule has 0 saturated carbocycles. The average molecular weight is 232 g/mol. The Balaban J connectivity index is 2.17. The summed E-state index contributed by atoms with van der Waals surface area (Å²) in [6, 6.07) is 6.70. The molecule has 2 nitrogen and oxygen atoms in total. The van der Waals surface area contributed by atoms with E-state index in [2.05, 4.69) is 41.7 Å². The number of aromatic nitrogens is 1. The Labute approximate surface area is 100 Å². The van der Waals surface area contributed by atoms with Gasteiger partial charge in [-0.05, 0) is 36.4 Å². The van der Waals surface area contributed by atoms with Crippen molar-refractivity contribution in [2.24, 2.45) is 0 Å². The standard InChI is InChI=1S/C13H16N2S/c1-3-11(13-5-4-8-16-13)15-12-9-14-7-6-10(12)2/h4-9,11,15H,3H2,1-2H3. The first-order valence-electron chi connectivity index (χ1n) is 5.51. The van der Waals surface area contributed by atoms with Crippen LogP contribution in [-0.4, -0.2) is 4.98 Å². The van der Waals surface area contributed by atoms with Crippen LogP contribution in [0.1, 0.15) is 29.8 Å². The smallest absolute Gasteiger partial charge is 0.0604 e. The van der Waals surface area contributed by atoms with E-state index in [-0.39, 0.29) is 0 Å². The lowest BCUT2D eigenvalue weighted by Crippen LogP contribution is -2.09. The van der Waals surface area contributed by atoms with E-state index in [0.29, 0.717) is 6.04 Å². The molecule has 1 N–H and O–H groups in total. The third-order valence-electron chi connectivity index (χ3n) is 2.66. The highest BCUT2D eigenvalue weighted by Crippen LogP contribution is 2.26. The largest absolute Gasteiger partial charge is 0.376 e. The van der Waals surface area contributed by atoms with Gasteiger partial charge < -0.3 is 5.32 Å². The summed E-state index contributed by atoms with van der Waals surface area (Å²) in [5.74, 6) is 0. The van der Waals surface area contributed by atoms with Crippen molar-refractivity contribution < 1.29 is 0 Å². The van der Waals surface area contributed by atoms with Crippen molar-refractivity contribution in [3.05, 3.63) is 46.4 Å². The summed E-state index contributed by atoms with van der Waals surface area (Å²) in [7, 11) is 0. The van der Waals surface area contributed by atoms with Gasteiger partial charge in [-0.2, -0.15) is 0 Å². The van der Waals surface area contributed by atoms with Gasteiger partial charge in [-0.3, -0.25) is 4.98 Å². The molecule has 0 aliphatic heterocycles. The quantitative estimate of drug-likeness (QED) is 0.861. The summed E-state index contributed by atoms with van der Waals surface area (Å²) in [5, 5.41) is 5.67. The molecule has 1 unspecified atom stereocenters. The van der Waals surface area contributed by atoms with Crippen LogP contribution in [0.3, 0.4) is 0 Å². The maximum Gasteiger partial charge on any atom is 0.0604 e. The van der Waals surface area contributed by atoms with Crippen LogP contribution in [-0.2, 0) is 0 Å². The van der Waals surface area contributed by atoms with Gasteiger partial charge in [0.15, 0.2) is 0 Å². The molecule has 3 heteroatoms. The van der Waals surface area contributed by atoms with Crippen LogP contribution in [0.25, 0.3) is 0 Å². The van der Waals surface area contributed by atoms with Gasteiger partial charge in [0.25, 0.3) is 0 Å². The van der Waals surface area contributed by atoms with Gasteiger partial charge in [-0.25, -0.2) is 0 Å². The second-order valence-corrected chi connectivity index (χ2v) is 4.79. The molecule has 0 bridgehead atoms. The predicted molar refractivity (Wildman–Crippen MR) is 69.9 cm³/mol. The molecule has 2 heterocycles. The first-order chi connectivity index (χ1) is 7.81. The van der Waals surface area contributed by atoms with Gasteiger partial charge in [0.05, 0.1) is 17.9 Å². The lowest BCUT2D eigenvalue weighted by atomic mass is 10.1. The van der Waals surface area contributed by atoms with E-state index in [1.165, 1.54) is 10.4 Å². The van der Waals surface area contributed by atoms with Gasteiger partial charge in [0, 0.05) is 11.1 Å². The monoisotopic (exact) mass is 232 g/mol. The molecule has 2 aromatic heterocycles. The number of anilines is 1. The SMILES string of the molecule is CCC(Nc1cnccc1C)c1cccs1. The summed E-state index contributed by atoms with van der Waals surface area (Å²) in [6.07, 6.45) is 4.80. The Morgan fingerprint density at radius 2 is 2.31 bits per heavy atom. The molecular formula is C13H16N2S. The topological polar surface area (TPSA) is 24.9 Å². The van der Waals surface area contributed by atoms with E-state index in [4.69, 9.17) is 0 Å². The Hall–Kier alpha value is -1.35. The van der Waals surface area contributed by atoms with E-state index in [9.17, 15) is 0 Å². The second kappa shape index (κ2) is 5.12. The van der Waals surface area contributed by atoms with Crippen molar-refractivity contribution >= 4 is 17.0 Å². The fraction of sp³-hybridized carbons (Fsp3) is 0.308. The van der Waals surface area contributed by atoms with Crippen molar-refractivity contribution in [2.75, 3.05) is 5.32 Å². The third kappa shape index (κ3) is 2.42. The minimum absolute atomic E-state index is 0.392. The minimum atomic E-state index is 0.392. The molecule has 2 rings (SSSR count). The fourth-order valence-electron chi connectivity index (χ4n) is 1.67. The van der Waals surface area contributed by atoms with Crippen LogP contribution >= 0.6 is 11.3 Å². The van der Waals surface area contributed by atoms with Crippen LogP contribution in [0.5, 0.6) is 0 Å². The predicted octanol–water partition coefficient (Wildman–Crippen LogP) is 4.01. The summed E-state index contributed by atoms with van der Waals surface area (Å²) in [6.45, 7) is 4.30. The summed E-state index contributed by atoms with van der Waals surface area (Å²) in [4.78, 5) is 5.54. The lowest BCUT2D eigenvalue weighted by Gasteiger charge is -2.17. The van der Waals surface area contributed by atoms with Crippen LogP contribution in [0, 0.1) is 6.92 Å². The zero-order valence-corrected chi connectivity index (χ0v) is 10.4. The van der Waals surface area contributed by atoms with Crippen LogP contribution in [0.4, 0.5) is 5.69 Å². The molecule has 1 atom stereocenters. The van der Waals surface area contributed by atoms with Gasteiger partial charge in [0.2, 0.25) is 0 Å². The van der Waals surface area contributed by atoms with Gasteiger partial charge >= 0.3 is 0 Å². The maximum atomic E-state index is 4.16. The van der Waals surface area contributed by atoms with Crippen LogP contribution < -0.4 is 5.32 Å². The van der Waals surface area contributed by atoms with E-state index in [1.54, 1.807) is 11.3 Å². The molecule has 0 radical (unpaired) electrons. The number of rotatable bonds is 4. The van der Waals surface area contributed by atoms with E-state index >= 15 is 0 Å². The number of nitrogens with zero attached hydrogens (tertiary/aromatic N) is 1. The van der Waals surface area contributed by atoms with Crippen molar-refractivity contribution in [1.82, 2.24) is 4.98 Å². The third-order valence-corrected chi connectivity index (χ3v) is 3.65. The molecule has 0 amide bonds. The molecule has 0 aliphatic rings. The highest BCUT2D eigenvalue weighted by molar-refractivity contribution is 7.10. The Morgan fingerprint density at radius 3 is 2.94 bits per heavy atom. The molecule has 84 valence electrons. The Bertz CT molecular complexity index is 437. The first-order valence-corrected chi connectivity index (χ1v) is 6.39. The van der Waals surface area contributed by atoms with E-state index in [1.807, 2.05) is 18.5 Å². The zero-order valence-electron chi connectivity index (χ0n) is 9.60. The normalized spacial score (nSPS) is 12.4. The number of aryl methyl sites for hydroxylation is 1. The minimum Gasteiger partial charge on any atom is -0.376 e. The molecule has 16 heavy (non-hydrogen) atoms. The van der Waals surface area contributed by atoms with Crippen molar-refractivity contribution in [1.29, 1.82) is 0 Å². The number of thiophene rings is 1. The Kier molecular flexibility index (Phi) is 3.57.